The maximum Gasteiger partial charge on any atom is 0.475 e. The van der Waals surface area contributed by atoms with Crippen molar-refractivity contribution in [3.8, 4) is 0 Å². The lowest BCUT2D eigenvalue weighted by Crippen LogP contribution is -2.05. The first-order chi connectivity index (χ1) is 24.8. The van der Waals surface area contributed by atoms with Gasteiger partial charge in [-0.1, -0.05) is 121 Å². The number of ether oxygens (including phenoxy) is 1. The summed E-state index contributed by atoms with van der Waals surface area (Å²) >= 11 is 0. The third-order valence-corrected chi connectivity index (χ3v) is 9.60. The third kappa shape index (κ3) is 19.1. The molecule has 0 aliphatic heterocycles. The number of phosphoric acid groups is 2. The molecule has 51 heavy (non-hydrogen) atoms. The number of hydrogen-bond acceptors (Lipinski definition) is 11. The van der Waals surface area contributed by atoms with Gasteiger partial charge in [0.15, 0.2) is 0 Å². The minimum Gasteiger partial charge on any atom is -0.466 e. The molecule has 0 atom stereocenters. The smallest absolute Gasteiger partial charge is 0.466 e. The van der Waals surface area contributed by atoms with Gasteiger partial charge in [0.05, 0.1) is 46.2 Å². The Labute approximate surface area is 301 Å². The van der Waals surface area contributed by atoms with Crippen LogP contribution in [0.1, 0.15) is 54.9 Å². The van der Waals surface area contributed by atoms with E-state index < -0.39 is 15.6 Å². The molecule has 13 heteroatoms. The Balaban J connectivity index is 0.000000277. The second kappa shape index (κ2) is 24.7. The van der Waals surface area contributed by atoms with E-state index in [4.69, 9.17) is 37.0 Å². The molecule has 0 heterocycles. The van der Waals surface area contributed by atoms with Gasteiger partial charge >= 0.3 is 21.6 Å². The van der Waals surface area contributed by atoms with E-state index in [1.54, 1.807) is 0 Å². The van der Waals surface area contributed by atoms with E-state index in [1.165, 1.54) is 6.92 Å². The van der Waals surface area contributed by atoms with Gasteiger partial charge in [0.25, 0.3) is 0 Å². The quantitative estimate of drug-likeness (QED) is 0.0443. The second-order valence-electron chi connectivity index (χ2n) is 11.1. The Bertz CT molecular complexity index is 1480. The molecule has 1 N–H and O–H groups in total. The van der Waals surface area contributed by atoms with Crippen LogP contribution in [-0.2, 0) is 72.2 Å². The van der Waals surface area contributed by atoms with Crippen LogP contribution in [-0.4, -0.2) is 37.5 Å². The van der Waals surface area contributed by atoms with Gasteiger partial charge in [0.1, 0.15) is 0 Å². The topological polar surface area (TPSA) is 136 Å². The zero-order valence-corrected chi connectivity index (χ0v) is 30.7. The zero-order valence-electron chi connectivity index (χ0n) is 29.0. The number of aliphatic hydroxyl groups excluding tert-OH is 1. The average molecular weight is 743 g/mol. The highest BCUT2D eigenvalue weighted by molar-refractivity contribution is 7.48. The van der Waals surface area contributed by atoms with E-state index in [0.29, 0.717) is 32.3 Å². The number of carbonyl (C=O) groups is 1. The largest absolute Gasteiger partial charge is 0.475 e. The van der Waals surface area contributed by atoms with Crippen LogP contribution in [0.25, 0.3) is 0 Å². The standard InChI is InChI=1S/C20H25O6P.C18H23O5P/c1-18(21)23-14-8-9-15-24-27(22,25-16-19-10-4-2-5-11-19)26-17-20-12-6-3-7-13-20;19-13-7-8-14-21-24(20,22-15-17-9-3-1-4-10-17)23-16-18-11-5-2-6-12-18/h2-7,10-13H,8-9,14-17H2,1H3;1-6,9-12,19H,7-8,13-16H2. The lowest BCUT2D eigenvalue weighted by Gasteiger charge is -2.18. The molecule has 276 valence electrons. The molecule has 0 saturated carbocycles. The van der Waals surface area contributed by atoms with E-state index in [9.17, 15) is 13.9 Å². The van der Waals surface area contributed by atoms with Crippen molar-refractivity contribution in [3.63, 3.8) is 0 Å². The van der Waals surface area contributed by atoms with Gasteiger partial charge < -0.3 is 9.84 Å². The van der Waals surface area contributed by atoms with Crippen LogP contribution in [0.3, 0.4) is 0 Å². The third-order valence-electron chi connectivity index (χ3n) is 6.82. The lowest BCUT2D eigenvalue weighted by atomic mass is 10.2. The van der Waals surface area contributed by atoms with Crippen LogP contribution < -0.4 is 0 Å². The highest BCUT2D eigenvalue weighted by Gasteiger charge is 2.28. The normalized spacial score (nSPS) is 11.4. The van der Waals surface area contributed by atoms with Crippen LogP contribution in [0, 0.1) is 0 Å². The van der Waals surface area contributed by atoms with Crippen molar-refractivity contribution < 1.29 is 50.9 Å². The van der Waals surface area contributed by atoms with Crippen LogP contribution in [0.2, 0.25) is 0 Å². The number of rotatable bonds is 23. The average Bonchev–Trinajstić information content (AvgIpc) is 3.17. The predicted molar refractivity (Wildman–Crippen MR) is 194 cm³/mol. The highest BCUT2D eigenvalue weighted by Crippen LogP contribution is 2.52. The SMILES string of the molecule is CC(=O)OCCCCOP(=O)(OCc1ccccc1)OCc1ccccc1.O=P(OCCCCO)(OCc1ccccc1)OCc1ccccc1. The van der Waals surface area contributed by atoms with Gasteiger partial charge in [0.2, 0.25) is 0 Å². The summed E-state index contributed by atoms with van der Waals surface area (Å²) in [5.74, 6) is -0.320. The van der Waals surface area contributed by atoms with Crippen LogP contribution in [0.4, 0.5) is 0 Å². The molecular weight excluding hydrogens is 694 g/mol. The zero-order chi connectivity index (χ0) is 36.5. The molecule has 0 aliphatic rings. The predicted octanol–water partition coefficient (Wildman–Crippen LogP) is 9.21. The van der Waals surface area contributed by atoms with E-state index in [2.05, 4.69) is 0 Å². The Morgan fingerprint density at radius 2 is 0.765 bits per heavy atom. The van der Waals surface area contributed by atoms with Crippen molar-refractivity contribution >= 4 is 21.6 Å². The Hall–Kier alpha value is -3.47. The maximum absolute atomic E-state index is 12.9. The first-order valence-electron chi connectivity index (χ1n) is 16.8. The summed E-state index contributed by atoms with van der Waals surface area (Å²) in [5, 5.41) is 8.81. The molecule has 0 aliphatic carbocycles. The molecule has 0 aromatic heterocycles. The number of benzene rings is 4. The molecule has 0 unspecified atom stereocenters. The van der Waals surface area contributed by atoms with Crippen LogP contribution >= 0.6 is 15.6 Å². The summed E-state index contributed by atoms with van der Waals surface area (Å²) in [4.78, 5) is 10.7. The fourth-order valence-corrected chi connectivity index (χ4v) is 6.50. The van der Waals surface area contributed by atoms with Gasteiger partial charge in [-0.25, -0.2) is 9.13 Å². The van der Waals surface area contributed by atoms with Crippen molar-refractivity contribution in [3.05, 3.63) is 144 Å². The van der Waals surface area contributed by atoms with Gasteiger partial charge in [-0.05, 0) is 47.9 Å². The minimum absolute atomic E-state index is 0.0728. The van der Waals surface area contributed by atoms with E-state index in [1.807, 2.05) is 121 Å². The molecule has 4 aromatic rings. The molecule has 0 spiro atoms. The molecule has 0 bridgehead atoms. The summed E-state index contributed by atoms with van der Waals surface area (Å²) in [5.41, 5.74) is 3.53. The Morgan fingerprint density at radius 1 is 0.471 bits per heavy atom. The van der Waals surface area contributed by atoms with E-state index in [0.717, 1.165) is 22.3 Å². The van der Waals surface area contributed by atoms with Crippen LogP contribution in [0.5, 0.6) is 0 Å². The molecule has 0 saturated heterocycles. The van der Waals surface area contributed by atoms with E-state index >= 15 is 0 Å². The number of phosphoric ester groups is 2. The first kappa shape index (κ1) is 41.9. The van der Waals surface area contributed by atoms with Crippen LogP contribution in [0.15, 0.2) is 121 Å². The second-order valence-corrected chi connectivity index (χ2v) is 14.4. The Morgan fingerprint density at radius 3 is 1.06 bits per heavy atom. The lowest BCUT2D eigenvalue weighted by molar-refractivity contribution is -0.141. The maximum atomic E-state index is 12.9. The monoisotopic (exact) mass is 742 g/mol. The van der Waals surface area contributed by atoms with Crippen molar-refractivity contribution in [1.29, 1.82) is 0 Å². The van der Waals surface area contributed by atoms with Crippen molar-refractivity contribution in [1.82, 2.24) is 0 Å². The van der Waals surface area contributed by atoms with Crippen molar-refractivity contribution in [2.45, 2.75) is 59.0 Å². The summed E-state index contributed by atoms with van der Waals surface area (Å²) < 4.78 is 63.4. The number of aliphatic hydroxyl groups is 1. The van der Waals surface area contributed by atoms with Gasteiger partial charge in [-0.3, -0.25) is 31.9 Å². The van der Waals surface area contributed by atoms with Crippen molar-refractivity contribution in [2.24, 2.45) is 0 Å². The summed E-state index contributed by atoms with van der Waals surface area (Å²) in [6.07, 6.45) is 2.35. The van der Waals surface area contributed by atoms with Crippen molar-refractivity contribution in [2.75, 3.05) is 26.4 Å². The fraction of sp³-hybridized carbons (Fsp3) is 0.342. The molecular formula is C38H48O11P2. The first-order valence-corrected chi connectivity index (χ1v) is 19.7. The molecule has 11 nitrogen and oxygen atoms in total. The number of hydrogen-bond donors (Lipinski definition) is 1. The summed E-state index contributed by atoms with van der Waals surface area (Å²) in [6, 6.07) is 37.7. The Kier molecular flexibility index (Phi) is 20.3. The summed E-state index contributed by atoms with van der Waals surface area (Å²) in [7, 11) is -7.40. The minimum atomic E-state index is -3.73. The molecule has 0 amide bonds. The van der Waals surface area contributed by atoms with E-state index in [-0.39, 0.29) is 52.2 Å². The number of unbranched alkanes of at least 4 members (excludes halogenated alkanes) is 2. The van der Waals surface area contributed by atoms with Gasteiger partial charge in [-0.2, -0.15) is 0 Å². The number of esters is 1. The molecule has 4 rings (SSSR count). The van der Waals surface area contributed by atoms with Gasteiger partial charge in [-0.15, -0.1) is 0 Å². The van der Waals surface area contributed by atoms with Gasteiger partial charge in [0, 0.05) is 13.5 Å². The fourth-order valence-electron chi connectivity index (χ4n) is 4.12. The molecule has 0 fully saturated rings. The number of carbonyl (C=O) groups excluding carboxylic acids is 1. The highest BCUT2D eigenvalue weighted by atomic mass is 31.2. The summed E-state index contributed by atoms with van der Waals surface area (Å²) in [6.45, 7) is 2.67. The molecule has 0 radical (unpaired) electrons. The molecule has 4 aromatic carbocycles.